The summed E-state index contributed by atoms with van der Waals surface area (Å²) < 4.78 is 0. The number of allylic oxidation sites excluding steroid dienone is 2. The Kier molecular flexibility index (Phi) is 6.42. The summed E-state index contributed by atoms with van der Waals surface area (Å²) in [6.07, 6.45) is 7.02. The van der Waals surface area contributed by atoms with Gasteiger partial charge in [-0.15, -0.1) is 0 Å². The number of hydrogen-bond donors (Lipinski definition) is 1. The third kappa shape index (κ3) is 4.79. The summed E-state index contributed by atoms with van der Waals surface area (Å²) in [6, 6.07) is -1.00. The van der Waals surface area contributed by atoms with Crippen LogP contribution in [0, 0.1) is 11.8 Å². The highest BCUT2D eigenvalue weighted by molar-refractivity contribution is 5.86. The van der Waals surface area contributed by atoms with E-state index in [0.29, 0.717) is 19.3 Å². The Morgan fingerprint density at radius 2 is 2.15 bits per heavy atom. The van der Waals surface area contributed by atoms with E-state index in [2.05, 4.69) is 5.32 Å². The van der Waals surface area contributed by atoms with Crippen LogP contribution in [0.4, 0.5) is 0 Å². The van der Waals surface area contributed by atoms with Gasteiger partial charge in [0.15, 0.2) is 0 Å². The molecule has 1 N–H and O–H groups in total. The van der Waals surface area contributed by atoms with Crippen molar-refractivity contribution < 1.29 is 19.5 Å². The van der Waals surface area contributed by atoms with Gasteiger partial charge in [0, 0.05) is 18.8 Å². The molecular weight excluding hydrogens is 258 g/mol. The molecule has 1 aliphatic rings. The number of carboxylic acids is 1. The van der Waals surface area contributed by atoms with Crippen LogP contribution in [0.2, 0.25) is 0 Å². The number of carboxylic acid groups (broad SMARTS) is 1. The Labute approximate surface area is 119 Å². The molecule has 0 spiro atoms. The maximum Gasteiger partial charge on any atom is 0.220 e. The fraction of sp³-hybridized carbons (Fsp3) is 0.667. The summed E-state index contributed by atoms with van der Waals surface area (Å²) in [4.78, 5) is 34.2. The Bertz CT molecular complexity index is 403. The molecule has 0 aromatic heterocycles. The van der Waals surface area contributed by atoms with Crippen LogP contribution < -0.4 is 10.4 Å². The molecule has 0 bridgehead atoms. The SMILES string of the molecule is CC/C=C\C[C@@H]1C(=O)CC[C@@H]1CC(=O)N[C@@H](C)C(=O)[O-]. The molecule has 0 aliphatic heterocycles. The van der Waals surface area contributed by atoms with E-state index in [-0.39, 0.29) is 29.9 Å². The van der Waals surface area contributed by atoms with Gasteiger partial charge < -0.3 is 15.2 Å². The van der Waals surface area contributed by atoms with E-state index in [1.54, 1.807) is 0 Å². The second-order valence-corrected chi connectivity index (χ2v) is 5.30. The van der Waals surface area contributed by atoms with Gasteiger partial charge in [0.1, 0.15) is 5.78 Å². The highest BCUT2D eigenvalue weighted by Gasteiger charge is 2.34. The smallest absolute Gasteiger partial charge is 0.220 e. The molecule has 0 unspecified atom stereocenters. The van der Waals surface area contributed by atoms with Crippen LogP contribution >= 0.6 is 0 Å². The van der Waals surface area contributed by atoms with Crippen LogP contribution in [-0.2, 0) is 14.4 Å². The van der Waals surface area contributed by atoms with Crippen molar-refractivity contribution >= 4 is 17.7 Å². The molecule has 3 atom stereocenters. The highest BCUT2D eigenvalue weighted by atomic mass is 16.4. The molecule has 0 heterocycles. The Balaban J connectivity index is 2.52. The average Bonchev–Trinajstić information content (AvgIpc) is 2.71. The summed E-state index contributed by atoms with van der Waals surface area (Å²) in [6.45, 7) is 3.40. The van der Waals surface area contributed by atoms with Crippen molar-refractivity contribution in [2.24, 2.45) is 11.8 Å². The lowest BCUT2D eigenvalue weighted by molar-refractivity contribution is -0.307. The van der Waals surface area contributed by atoms with Crippen LogP contribution in [-0.4, -0.2) is 23.7 Å². The normalized spacial score (nSPS) is 24.0. The molecule has 1 rings (SSSR count). The van der Waals surface area contributed by atoms with Crippen molar-refractivity contribution in [3.05, 3.63) is 12.2 Å². The molecule has 0 radical (unpaired) electrons. The largest absolute Gasteiger partial charge is 0.548 e. The van der Waals surface area contributed by atoms with E-state index < -0.39 is 12.0 Å². The number of carbonyl (C=O) groups is 3. The fourth-order valence-electron chi connectivity index (χ4n) is 2.55. The molecule has 0 aromatic rings. The molecule has 1 fully saturated rings. The van der Waals surface area contributed by atoms with Crippen LogP contribution in [0.3, 0.4) is 0 Å². The first-order valence-electron chi connectivity index (χ1n) is 7.13. The lowest BCUT2D eigenvalue weighted by Gasteiger charge is -2.19. The lowest BCUT2D eigenvalue weighted by Crippen LogP contribution is -2.46. The monoisotopic (exact) mass is 280 g/mol. The Morgan fingerprint density at radius 3 is 2.75 bits per heavy atom. The zero-order chi connectivity index (χ0) is 15.1. The summed E-state index contributed by atoms with van der Waals surface area (Å²) in [5.74, 6) is -1.52. The van der Waals surface area contributed by atoms with Gasteiger partial charge in [-0.2, -0.15) is 0 Å². The van der Waals surface area contributed by atoms with Crippen molar-refractivity contribution in [2.45, 2.75) is 52.0 Å². The first-order valence-corrected chi connectivity index (χ1v) is 7.13. The van der Waals surface area contributed by atoms with Gasteiger partial charge in [0.05, 0.1) is 12.0 Å². The number of carbonyl (C=O) groups excluding carboxylic acids is 3. The zero-order valence-corrected chi connectivity index (χ0v) is 12.1. The number of ketones is 1. The van der Waals surface area contributed by atoms with E-state index in [0.717, 1.165) is 6.42 Å². The number of rotatable bonds is 7. The van der Waals surface area contributed by atoms with Gasteiger partial charge in [0.25, 0.3) is 0 Å². The summed E-state index contributed by atoms with van der Waals surface area (Å²) in [5, 5.41) is 13.0. The maximum absolute atomic E-state index is 11.8. The predicted molar refractivity (Wildman–Crippen MR) is 72.5 cm³/mol. The third-order valence-electron chi connectivity index (χ3n) is 3.72. The van der Waals surface area contributed by atoms with Crippen molar-refractivity contribution in [1.82, 2.24) is 5.32 Å². The number of amides is 1. The van der Waals surface area contributed by atoms with E-state index in [1.807, 2.05) is 19.1 Å². The summed E-state index contributed by atoms with van der Waals surface area (Å²) in [7, 11) is 0. The highest BCUT2D eigenvalue weighted by Crippen LogP contribution is 2.34. The number of aliphatic carboxylic acids is 1. The molecule has 0 aromatic carbocycles. The van der Waals surface area contributed by atoms with E-state index in [9.17, 15) is 19.5 Å². The molecule has 1 saturated carbocycles. The zero-order valence-electron chi connectivity index (χ0n) is 12.1. The van der Waals surface area contributed by atoms with E-state index >= 15 is 0 Å². The minimum Gasteiger partial charge on any atom is -0.548 e. The second kappa shape index (κ2) is 7.82. The van der Waals surface area contributed by atoms with Crippen molar-refractivity contribution in [3.63, 3.8) is 0 Å². The average molecular weight is 280 g/mol. The van der Waals surface area contributed by atoms with Crippen molar-refractivity contribution in [1.29, 1.82) is 0 Å². The van der Waals surface area contributed by atoms with Crippen LogP contribution in [0.1, 0.15) is 46.0 Å². The minimum absolute atomic E-state index is 0.0120. The lowest BCUT2D eigenvalue weighted by atomic mass is 9.89. The van der Waals surface area contributed by atoms with Crippen molar-refractivity contribution in [2.75, 3.05) is 0 Å². The van der Waals surface area contributed by atoms with E-state index in [4.69, 9.17) is 0 Å². The van der Waals surface area contributed by atoms with Gasteiger partial charge in [0.2, 0.25) is 5.91 Å². The first kappa shape index (κ1) is 16.4. The van der Waals surface area contributed by atoms with Crippen molar-refractivity contribution in [3.8, 4) is 0 Å². The molecule has 1 amide bonds. The first-order chi connectivity index (χ1) is 9.45. The fourth-order valence-corrected chi connectivity index (χ4v) is 2.55. The molecular formula is C15H22NO4-. The molecule has 1 aliphatic carbocycles. The van der Waals surface area contributed by atoms with Gasteiger partial charge >= 0.3 is 0 Å². The molecule has 5 heteroatoms. The van der Waals surface area contributed by atoms with Gasteiger partial charge in [-0.25, -0.2) is 0 Å². The summed E-state index contributed by atoms with van der Waals surface area (Å²) in [5.41, 5.74) is 0. The third-order valence-corrected chi connectivity index (χ3v) is 3.72. The van der Waals surface area contributed by atoms with Gasteiger partial charge in [-0.3, -0.25) is 9.59 Å². The summed E-state index contributed by atoms with van der Waals surface area (Å²) >= 11 is 0. The quantitative estimate of drug-likeness (QED) is 0.691. The number of nitrogens with one attached hydrogen (secondary N) is 1. The topological polar surface area (TPSA) is 86.3 Å². The predicted octanol–water partition coefficient (Wildman–Crippen LogP) is 0.583. The van der Waals surface area contributed by atoms with Gasteiger partial charge in [-0.05, 0) is 32.1 Å². The Hall–Kier alpha value is -1.65. The van der Waals surface area contributed by atoms with E-state index in [1.165, 1.54) is 6.92 Å². The Morgan fingerprint density at radius 1 is 1.45 bits per heavy atom. The second-order valence-electron chi connectivity index (χ2n) is 5.30. The standard InChI is InChI=1S/C15H23NO4/c1-3-4-5-6-12-11(7-8-13(12)17)9-14(18)16-10(2)15(19)20/h4-5,10-12H,3,6-9H2,1-2H3,(H,16,18)(H,19,20)/p-1/b5-4-/t10-,11+,12-/m0/s1. The number of hydrogen-bond acceptors (Lipinski definition) is 4. The van der Waals surface area contributed by atoms with Crippen LogP contribution in [0.15, 0.2) is 12.2 Å². The molecule has 20 heavy (non-hydrogen) atoms. The minimum atomic E-state index is -1.30. The van der Waals surface area contributed by atoms with Gasteiger partial charge in [-0.1, -0.05) is 19.1 Å². The van der Waals surface area contributed by atoms with Crippen LogP contribution in [0.25, 0.3) is 0 Å². The van der Waals surface area contributed by atoms with Crippen LogP contribution in [0.5, 0.6) is 0 Å². The number of Topliss-reactive ketones (excluding diaryl/α,β-unsaturated/α-hetero) is 1. The molecule has 112 valence electrons. The molecule has 5 nitrogen and oxygen atoms in total. The molecule has 0 saturated heterocycles. The maximum atomic E-state index is 11.8.